The van der Waals surface area contributed by atoms with Crippen LogP contribution in [0.5, 0.6) is 0 Å². The highest BCUT2D eigenvalue weighted by Crippen LogP contribution is 2.30. The van der Waals surface area contributed by atoms with Crippen LogP contribution in [-0.2, 0) is 21.1 Å². The largest absolute Gasteiger partial charge is 0.289 e. The zero-order chi connectivity index (χ0) is 21.1. The number of nitrogens with zero attached hydrogens (tertiary/aromatic N) is 1. The number of hydrogen-bond acceptors (Lipinski definition) is 4. The number of ketones is 1. The lowest BCUT2D eigenvalue weighted by molar-refractivity contribution is 0.103. The molecule has 0 saturated heterocycles. The molecule has 0 saturated carbocycles. The summed E-state index contributed by atoms with van der Waals surface area (Å²) in [6.07, 6.45) is 0. The standard InChI is InChI=1S/C17H16BrClFNO5S2/c1-2-28(25,26)8-7-21(27(23)24)16-10-14(18)13(9-15(16)20)17(22)11-3-5-12(19)6-4-11/h3-6,9-10H,2,7-8H2,1H3,(H,23,24). The molecule has 1 N–H and O–H groups in total. The Morgan fingerprint density at radius 3 is 2.43 bits per heavy atom. The number of hydrogen-bond donors (Lipinski definition) is 1. The SMILES string of the molecule is CCS(=O)(=O)CCN(c1cc(Br)c(C(=O)c2ccc(Cl)cc2)cc1F)S(=O)O. The molecule has 6 nitrogen and oxygen atoms in total. The van der Waals surface area contributed by atoms with Crippen LogP contribution in [-0.4, -0.2) is 41.0 Å². The highest BCUT2D eigenvalue weighted by molar-refractivity contribution is 9.10. The summed E-state index contributed by atoms with van der Waals surface area (Å²) in [7, 11) is -3.43. The molecule has 0 aliphatic heterocycles. The normalized spacial score (nSPS) is 12.6. The Labute approximate surface area is 178 Å². The van der Waals surface area contributed by atoms with Gasteiger partial charge >= 0.3 is 0 Å². The Kier molecular flexibility index (Phi) is 7.74. The Morgan fingerprint density at radius 1 is 1.29 bits per heavy atom. The van der Waals surface area contributed by atoms with Crippen molar-refractivity contribution in [3.63, 3.8) is 0 Å². The van der Waals surface area contributed by atoms with Gasteiger partial charge in [0.25, 0.3) is 11.3 Å². The van der Waals surface area contributed by atoms with E-state index in [2.05, 4.69) is 15.9 Å². The third-order valence-electron chi connectivity index (χ3n) is 3.89. The van der Waals surface area contributed by atoms with Crippen LogP contribution in [0.4, 0.5) is 10.1 Å². The van der Waals surface area contributed by atoms with Crippen molar-refractivity contribution in [2.45, 2.75) is 6.92 Å². The van der Waals surface area contributed by atoms with E-state index >= 15 is 0 Å². The number of sulfone groups is 1. The molecule has 11 heteroatoms. The summed E-state index contributed by atoms with van der Waals surface area (Å²) in [6.45, 7) is 1.07. The van der Waals surface area contributed by atoms with Gasteiger partial charge in [-0.1, -0.05) is 18.5 Å². The van der Waals surface area contributed by atoms with Gasteiger partial charge in [0.15, 0.2) is 15.6 Å². The average Bonchev–Trinajstić information content (AvgIpc) is 2.64. The molecule has 28 heavy (non-hydrogen) atoms. The summed E-state index contributed by atoms with van der Waals surface area (Å²) in [5.74, 6) is -1.96. The molecule has 0 aliphatic carbocycles. The Hall–Kier alpha value is -1.33. The molecule has 0 radical (unpaired) electrons. The van der Waals surface area contributed by atoms with E-state index < -0.39 is 38.5 Å². The van der Waals surface area contributed by atoms with Gasteiger partial charge in [-0.3, -0.25) is 13.7 Å². The van der Waals surface area contributed by atoms with Crippen LogP contribution >= 0.6 is 27.5 Å². The van der Waals surface area contributed by atoms with Gasteiger partial charge in [-0.15, -0.1) is 0 Å². The van der Waals surface area contributed by atoms with Crippen LogP contribution in [0.15, 0.2) is 40.9 Å². The fourth-order valence-corrected chi connectivity index (χ4v) is 4.37. The van der Waals surface area contributed by atoms with Gasteiger partial charge in [0.1, 0.15) is 5.82 Å². The second-order valence-corrected chi connectivity index (χ2v) is 10.4. The molecule has 0 bridgehead atoms. The highest BCUT2D eigenvalue weighted by atomic mass is 79.9. The van der Waals surface area contributed by atoms with Crippen LogP contribution in [0.2, 0.25) is 5.02 Å². The molecule has 0 heterocycles. The molecule has 1 atom stereocenters. The van der Waals surface area contributed by atoms with Crippen molar-refractivity contribution in [2.75, 3.05) is 22.4 Å². The molecular formula is C17H16BrClFNO5S2. The molecule has 2 aromatic carbocycles. The first kappa shape index (κ1) is 23.0. The summed E-state index contributed by atoms with van der Waals surface area (Å²) in [4.78, 5) is 12.6. The third kappa shape index (κ3) is 5.60. The molecular weight excluding hydrogens is 497 g/mol. The number of carbonyl (C=O) groups is 1. The molecule has 1 unspecified atom stereocenters. The second kappa shape index (κ2) is 9.45. The van der Waals surface area contributed by atoms with Gasteiger partial charge in [0.05, 0.1) is 11.4 Å². The highest BCUT2D eigenvalue weighted by Gasteiger charge is 2.23. The maximum Gasteiger partial charge on any atom is 0.261 e. The number of halogens is 3. The van der Waals surface area contributed by atoms with Crippen molar-refractivity contribution in [2.24, 2.45) is 0 Å². The molecule has 0 aromatic heterocycles. The summed E-state index contributed by atoms with van der Waals surface area (Å²) < 4.78 is 60.0. The van der Waals surface area contributed by atoms with Crippen molar-refractivity contribution in [1.29, 1.82) is 0 Å². The first-order valence-corrected chi connectivity index (χ1v) is 12.0. The van der Waals surface area contributed by atoms with E-state index in [4.69, 9.17) is 11.6 Å². The van der Waals surface area contributed by atoms with E-state index in [1.165, 1.54) is 37.3 Å². The van der Waals surface area contributed by atoms with Gasteiger partial charge in [-0.05, 0) is 52.3 Å². The van der Waals surface area contributed by atoms with E-state index in [1.54, 1.807) is 0 Å². The quantitative estimate of drug-likeness (QED) is 0.428. The summed E-state index contributed by atoms with van der Waals surface area (Å²) >= 11 is 6.31. The molecule has 0 amide bonds. The molecule has 2 rings (SSSR count). The van der Waals surface area contributed by atoms with E-state index in [9.17, 15) is 26.4 Å². The van der Waals surface area contributed by atoms with Crippen LogP contribution < -0.4 is 4.31 Å². The van der Waals surface area contributed by atoms with Crippen molar-refractivity contribution < 1.29 is 26.4 Å². The number of benzene rings is 2. The van der Waals surface area contributed by atoms with Crippen LogP contribution in [0.1, 0.15) is 22.8 Å². The van der Waals surface area contributed by atoms with Gasteiger partial charge in [0.2, 0.25) is 0 Å². The Bertz CT molecular complexity index is 1010. The maximum absolute atomic E-state index is 14.7. The first-order chi connectivity index (χ1) is 13.1. The summed E-state index contributed by atoms with van der Waals surface area (Å²) in [5.41, 5.74) is -0.00558. The lowest BCUT2D eigenvalue weighted by Crippen LogP contribution is -2.32. The molecule has 0 fully saturated rings. The zero-order valence-corrected chi connectivity index (χ0v) is 18.5. The van der Waals surface area contributed by atoms with Crippen molar-refractivity contribution >= 4 is 60.1 Å². The Morgan fingerprint density at radius 2 is 1.89 bits per heavy atom. The number of anilines is 1. The van der Waals surface area contributed by atoms with E-state index in [1.807, 2.05) is 0 Å². The maximum atomic E-state index is 14.7. The fourth-order valence-electron chi connectivity index (χ4n) is 2.31. The summed E-state index contributed by atoms with van der Waals surface area (Å²) in [5, 5.41) is 0.445. The number of rotatable bonds is 8. The van der Waals surface area contributed by atoms with Crippen molar-refractivity contribution in [3.8, 4) is 0 Å². The Balaban J connectivity index is 2.39. The molecule has 0 aliphatic rings. The van der Waals surface area contributed by atoms with Gasteiger partial charge < -0.3 is 0 Å². The molecule has 0 spiro atoms. The van der Waals surface area contributed by atoms with Crippen LogP contribution in [0.25, 0.3) is 0 Å². The van der Waals surface area contributed by atoms with Crippen LogP contribution in [0, 0.1) is 5.82 Å². The fraction of sp³-hybridized carbons (Fsp3) is 0.235. The third-order valence-corrected chi connectivity index (χ3v) is 7.24. The average molecular weight is 513 g/mol. The van der Waals surface area contributed by atoms with E-state index in [-0.39, 0.29) is 33.6 Å². The molecule has 2 aromatic rings. The van der Waals surface area contributed by atoms with Crippen molar-refractivity contribution in [1.82, 2.24) is 0 Å². The smallest absolute Gasteiger partial charge is 0.261 e. The lowest BCUT2D eigenvalue weighted by Gasteiger charge is -2.21. The monoisotopic (exact) mass is 511 g/mol. The first-order valence-electron chi connectivity index (χ1n) is 7.94. The topological polar surface area (TPSA) is 91.8 Å². The second-order valence-electron chi connectivity index (χ2n) is 5.69. The lowest BCUT2D eigenvalue weighted by atomic mass is 10.0. The van der Waals surface area contributed by atoms with Gasteiger partial charge in [0, 0.05) is 32.9 Å². The van der Waals surface area contributed by atoms with Gasteiger partial charge in [-0.2, -0.15) is 0 Å². The van der Waals surface area contributed by atoms with E-state index in [0.717, 1.165) is 6.07 Å². The molecule has 152 valence electrons. The van der Waals surface area contributed by atoms with Crippen LogP contribution in [0.3, 0.4) is 0 Å². The minimum atomic E-state index is -3.43. The number of carbonyl (C=O) groups excluding carboxylic acids is 1. The van der Waals surface area contributed by atoms with Gasteiger partial charge in [-0.25, -0.2) is 17.0 Å². The van der Waals surface area contributed by atoms with Crippen molar-refractivity contribution in [3.05, 3.63) is 62.8 Å². The predicted octanol–water partition coefficient (Wildman–Crippen LogP) is 3.85. The predicted molar refractivity (Wildman–Crippen MR) is 111 cm³/mol. The minimum absolute atomic E-state index is 0.00780. The minimum Gasteiger partial charge on any atom is -0.289 e. The van der Waals surface area contributed by atoms with E-state index in [0.29, 0.717) is 9.33 Å². The zero-order valence-electron chi connectivity index (χ0n) is 14.6. The summed E-state index contributed by atoms with van der Waals surface area (Å²) in [6, 6.07) is 8.15.